The summed E-state index contributed by atoms with van der Waals surface area (Å²) in [6.07, 6.45) is -4.18. The van der Waals surface area contributed by atoms with Crippen molar-refractivity contribution in [1.82, 2.24) is 0 Å². The first-order valence-electron chi connectivity index (χ1n) is 7.16. The van der Waals surface area contributed by atoms with Crippen LogP contribution in [0, 0.1) is 0 Å². The molecule has 0 bridgehead atoms. The molecule has 1 atom stereocenters. The van der Waals surface area contributed by atoms with Crippen LogP contribution in [0.4, 0.5) is 18.9 Å². The number of alkyl halides is 3. The molecule has 0 aromatic heterocycles. The number of hydrogen-bond donors (Lipinski definition) is 0. The fourth-order valence-electron chi connectivity index (χ4n) is 2.78. The first-order valence-corrected chi connectivity index (χ1v) is 7.16. The maximum atomic E-state index is 12.6. The van der Waals surface area contributed by atoms with Crippen LogP contribution in [0.1, 0.15) is 17.9 Å². The monoisotopic (exact) mass is 321 g/mol. The van der Waals surface area contributed by atoms with E-state index in [2.05, 4.69) is 4.74 Å². The molecule has 6 heteroatoms. The van der Waals surface area contributed by atoms with Gasteiger partial charge in [0.25, 0.3) is 0 Å². The summed E-state index contributed by atoms with van der Waals surface area (Å²) in [5.41, 5.74) is 1.33. The van der Waals surface area contributed by atoms with Crippen molar-refractivity contribution in [3.63, 3.8) is 0 Å². The van der Waals surface area contributed by atoms with Crippen LogP contribution in [-0.2, 0) is 4.79 Å². The quantitative estimate of drug-likeness (QED) is 0.851. The minimum Gasteiger partial charge on any atom is -0.406 e. The summed E-state index contributed by atoms with van der Waals surface area (Å²) < 4.78 is 40.9. The maximum Gasteiger partial charge on any atom is 0.573 e. The predicted octanol–water partition coefficient (Wildman–Crippen LogP) is 4.11. The predicted molar refractivity (Wildman–Crippen MR) is 79.3 cm³/mol. The lowest BCUT2D eigenvalue weighted by atomic mass is 9.97. The van der Waals surface area contributed by atoms with Gasteiger partial charge in [0.2, 0.25) is 5.91 Å². The zero-order valence-corrected chi connectivity index (χ0v) is 12.1. The highest BCUT2D eigenvalue weighted by molar-refractivity contribution is 6.00. The topological polar surface area (TPSA) is 29.5 Å². The number of hydrogen-bond acceptors (Lipinski definition) is 2. The lowest BCUT2D eigenvalue weighted by Gasteiger charge is -2.17. The number of amides is 1. The lowest BCUT2D eigenvalue weighted by molar-refractivity contribution is -0.274. The molecule has 1 amide bonds. The van der Waals surface area contributed by atoms with Gasteiger partial charge in [-0.15, -0.1) is 13.2 Å². The average molecular weight is 321 g/mol. The fraction of sp³-hybridized carbons (Fsp3) is 0.235. The Hall–Kier alpha value is -2.50. The molecule has 1 fully saturated rings. The van der Waals surface area contributed by atoms with E-state index >= 15 is 0 Å². The van der Waals surface area contributed by atoms with Gasteiger partial charge in [0.15, 0.2) is 0 Å². The number of anilines is 1. The zero-order valence-electron chi connectivity index (χ0n) is 12.1. The smallest absolute Gasteiger partial charge is 0.406 e. The summed E-state index contributed by atoms with van der Waals surface area (Å²) in [6.45, 7) is 0.540. The molecular weight excluding hydrogens is 307 g/mol. The molecule has 3 rings (SSSR count). The Balaban J connectivity index is 1.81. The largest absolute Gasteiger partial charge is 0.573 e. The lowest BCUT2D eigenvalue weighted by Crippen LogP contribution is -2.26. The minimum atomic E-state index is -4.74. The molecule has 1 saturated heterocycles. The number of rotatable bonds is 3. The van der Waals surface area contributed by atoms with Crippen LogP contribution < -0.4 is 9.64 Å². The Morgan fingerprint density at radius 3 is 2.48 bits per heavy atom. The number of nitrogens with zero attached hydrogens (tertiary/aromatic N) is 1. The molecule has 120 valence electrons. The number of ether oxygens (including phenoxy) is 1. The summed E-state index contributed by atoms with van der Waals surface area (Å²) in [4.78, 5) is 14.2. The molecule has 1 aliphatic heterocycles. The Kier molecular flexibility index (Phi) is 3.98. The van der Waals surface area contributed by atoms with Gasteiger partial charge in [0.05, 0.1) is 5.92 Å². The molecule has 0 N–H and O–H groups in total. The summed E-state index contributed by atoms with van der Waals surface area (Å²) in [7, 11) is 0. The van der Waals surface area contributed by atoms with Gasteiger partial charge in [-0.2, -0.15) is 0 Å². The number of carbonyl (C=O) groups excluding carboxylic acids is 1. The zero-order chi connectivity index (χ0) is 16.4. The van der Waals surface area contributed by atoms with E-state index in [0.717, 1.165) is 5.69 Å². The van der Waals surface area contributed by atoms with Gasteiger partial charge in [-0.3, -0.25) is 4.79 Å². The van der Waals surface area contributed by atoms with Crippen molar-refractivity contribution in [3.05, 3.63) is 60.2 Å². The van der Waals surface area contributed by atoms with Gasteiger partial charge in [0.1, 0.15) is 5.75 Å². The van der Waals surface area contributed by atoms with E-state index in [9.17, 15) is 18.0 Å². The van der Waals surface area contributed by atoms with Crippen molar-refractivity contribution in [3.8, 4) is 5.75 Å². The van der Waals surface area contributed by atoms with E-state index in [4.69, 9.17) is 0 Å². The van der Waals surface area contributed by atoms with E-state index in [-0.39, 0.29) is 11.7 Å². The number of para-hydroxylation sites is 1. The highest BCUT2D eigenvalue weighted by atomic mass is 19.4. The summed E-state index contributed by atoms with van der Waals surface area (Å²) in [6, 6.07) is 14.8. The van der Waals surface area contributed by atoms with Gasteiger partial charge in [-0.1, -0.05) is 30.3 Å². The third kappa shape index (κ3) is 3.47. The average Bonchev–Trinajstić information content (AvgIpc) is 2.88. The van der Waals surface area contributed by atoms with E-state index in [0.29, 0.717) is 18.5 Å². The molecule has 2 aromatic rings. The highest BCUT2D eigenvalue weighted by Crippen LogP contribution is 2.34. The summed E-state index contributed by atoms with van der Waals surface area (Å²) in [5.74, 6) is -0.867. The summed E-state index contributed by atoms with van der Waals surface area (Å²) in [5, 5.41) is 0. The van der Waals surface area contributed by atoms with Crippen LogP contribution in [0.3, 0.4) is 0 Å². The molecular formula is C17H14F3NO2. The molecule has 1 unspecified atom stereocenters. The third-order valence-corrected chi connectivity index (χ3v) is 3.77. The van der Waals surface area contributed by atoms with Crippen LogP contribution in [0.5, 0.6) is 5.75 Å². The Labute approximate surface area is 131 Å². The van der Waals surface area contributed by atoms with Gasteiger partial charge in [-0.25, -0.2) is 0 Å². The van der Waals surface area contributed by atoms with Gasteiger partial charge >= 0.3 is 6.36 Å². The second kappa shape index (κ2) is 5.95. The second-order valence-corrected chi connectivity index (χ2v) is 5.29. The van der Waals surface area contributed by atoms with E-state index in [1.165, 1.54) is 18.2 Å². The van der Waals surface area contributed by atoms with E-state index < -0.39 is 12.3 Å². The highest BCUT2D eigenvalue weighted by Gasteiger charge is 2.35. The normalized spacial score (nSPS) is 18.3. The van der Waals surface area contributed by atoms with Gasteiger partial charge < -0.3 is 9.64 Å². The van der Waals surface area contributed by atoms with Gasteiger partial charge in [-0.05, 0) is 36.2 Å². The maximum absolute atomic E-state index is 12.6. The van der Waals surface area contributed by atoms with Crippen LogP contribution in [0.25, 0.3) is 0 Å². The molecule has 23 heavy (non-hydrogen) atoms. The Morgan fingerprint density at radius 1 is 1.04 bits per heavy atom. The van der Waals surface area contributed by atoms with Crippen molar-refractivity contribution < 1.29 is 22.7 Å². The number of benzene rings is 2. The molecule has 0 spiro atoms. The SMILES string of the molecule is O=C1C(c2cccc(OC(F)(F)F)c2)CCN1c1ccccc1. The van der Waals surface area contributed by atoms with Crippen LogP contribution in [0.2, 0.25) is 0 Å². The van der Waals surface area contributed by atoms with Crippen molar-refractivity contribution in [2.45, 2.75) is 18.7 Å². The minimum absolute atomic E-state index is 0.111. The first kappa shape index (κ1) is 15.4. The molecule has 0 radical (unpaired) electrons. The molecule has 3 nitrogen and oxygen atoms in total. The van der Waals surface area contributed by atoms with Crippen LogP contribution >= 0.6 is 0 Å². The van der Waals surface area contributed by atoms with Crippen molar-refractivity contribution in [2.75, 3.05) is 11.4 Å². The Bertz CT molecular complexity index is 700. The molecule has 2 aromatic carbocycles. The van der Waals surface area contributed by atoms with E-state index in [1.807, 2.05) is 30.3 Å². The van der Waals surface area contributed by atoms with E-state index in [1.54, 1.807) is 11.0 Å². The van der Waals surface area contributed by atoms with Crippen molar-refractivity contribution in [2.24, 2.45) is 0 Å². The van der Waals surface area contributed by atoms with Gasteiger partial charge in [0, 0.05) is 12.2 Å². The molecule has 1 heterocycles. The second-order valence-electron chi connectivity index (χ2n) is 5.29. The first-order chi connectivity index (χ1) is 10.9. The van der Waals surface area contributed by atoms with Crippen LogP contribution in [-0.4, -0.2) is 18.8 Å². The molecule has 0 saturated carbocycles. The number of carbonyl (C=O) groups is 1. The Morgan fingerprint density at radius 2 is 1.78 bits per heavy atom. The van der Waals surface area contributed by atoms with Crippen molar-refractivity contribution >= 4 is 11.6 Å². The molecule has 1 aliphatic rings. The third-order valence-electron chi connectivity index (χ3n) is 3.77. The molecule has 0 aliphatic carbocycles. The fourth-order valence-corrected chi connectivity index (χ4v) is 2.78. The van der Waals surface area contributed by atoms with Crippen molar-refractivity contribution in [1.29, 1.82) is 0 Å². The summed E-state index contributed by atoms with van der Waals surface area (Å²) >= 11 is 0. The van der Waals surface area contributed by atoms with Crippen LogP contribution in [0.15, 0.2) is 54.6 Å². The standard InChI is InChI=1S/C17H14F3NO2/c18-17(19,20)23-14-8-4-5-12(11-14)15-9-10-21(16(15)22)13-6-2-1-3-7-13/h1-8,11,15H,9-10H2. The number of halogens is 3.